The summed E-state index contributed by atoms with van der Waals surface area (Å²) in [6.45, 7) is 5.07. The summed E-state index contributed by atoms with van der Waals surface area (Å²) in [6, 6.07) is 1.51. The second-order valence-corrected chi connectivity index (χ2v) is 9.61. The first-order chi connectivity index (χ1) is 8.72. The highest BCUT2D eigenvalue weighted by atomic mass is 79.9. The predicted molar refractivity (Wildman–Crippen MR) is 81.6 cm³/mol. The van der Waals surface area contributed by atoms with Crippen LogP contribution in [0.25, 0.3) is 0 Å². The zero-order valence-electron chi connectivity index (χ0n) is 10.8. The van der Waals surface area contributed by atoms with Crippen molar-refractivity contribution in [3.63, 3.8) is 0 Å². The number of aromatic nitrogens is 1. The third-order valence-corrected chi connectivity index (χ3v) is 6.46. The van der Waals surface area contributed by atoms with Gasteiger partial charge in [-0.05, 0) is 35.8 Å². The summed E-state index contributed by atoms with van der Waals surface area (Å²) in [4.78, 5) is 3.97. The van der Waals surface area contributed by atoms with E-state index in [2.05, 4.69) is 20.9 Å². The van der Waals surface area contributed by atoms with Crippen LogP contribution in [0.4, 0.5) is 5.82 Å². The zero-order valence-corrected chi connectivity index (χ0v) is 14.0. The van der Waals surface area contributed by atoms with Crippen molar-refractivity contribution in [2.45, 2.75) is 23.5 Å². The average Bonchev–Trinajstić information content (AvgIpc) is 2.31. The Bertz CT molecular complexity index is 590. The third-order valence-electron chi connectivity index (χ3n) is 2.86. The minimum atomic E-state index is -3.58. The van der Waals surface area contributed by atoms with Crippen LogP contribution in [0.3, 0.4) is 0 Å². The molecule has 0 aromatic carbocycles. The van der Waals surface area contributed by atoms with Crippen LogP contribution in [0.2, 0.25) is 0 Å². The Morgan fingerprint density at radius 2 is 2.21 bits per heavy atom. The van der Waals surface area contributed by atoms with E-state index in [0.29, 0.717) is 17.6 Å². The molecule has 0 aliphatic carbocycles. The van der Waals surface area contributed by atoms with E-state index in [9.17, 15) is 8.42 Å². The largest absolute Gasteiger partial charge is 0.383 e. The van der Waals surface area contributed by atoms with E-state index < -0.39 is 10.0 Å². The Kier molecular flexibility index (Phi) is 4.15. The van der Waals surface area contributed by atoms with Gasteiger partial charge in [0.25, 0.3) is 0 Å². The van der Waals surface area contributed by atoms with E-state index in [1.54, 1.807) is 11.8 Å². The highest BCUT2D eigenvalue weighted by Crippen LogP contribution is 2.33. The highest BCUT2D eigenvalue weighted by Gasteiger charge is 2.35. The number of nitrogens with zero attached hydrogens (tertiary/aromatic N) is 2. The SMILES string of the molecule is CC1(C)CN(S(=O)(=O)c2cc(Br)cnc2N)CCS1. The summed E-state index contributed by atoms with van der Waals surface area (Å²) in [7, 11) is -3.58. The third kappa shape index (κ3) is 3.24. The van der Waals surface area contributed by atoms with Gasteiger partial charge in [0.2, 0.25) is 10.0 Å². The molecule has 106 valence electrons. The Hall–Kier alpha value is -0.310. The molecule has 0 amide bonds. The highest BCUT2D eigenvalue weighted by molar-refractivity contribution is 9.10. The Labute approximate surface area is 126 Å². The van der Waals surface area contributed by atoms with Gasteiger partial charge >= 0.3 is 0 Å². The predicted octanol–water partition coefficient (Wildman–Crippen LogP) is 1.94. The first-order valence-corrected chi connectivity index (χ1v) is 8.99. The van der Waals surface area contributed by atoms with Crippen LogP contribution in [0.15, 0.2) is 21.6 Å². The molecule has 1 aliphatic heterocycles. The second kappa shape index (κ2) is 5.23. The summed E-state index contributed by atoms with van der Waals surface area (Å²) in [5.74, 6) is 0.826. The summed E-state index contributed by atoms with van der Waals surface area (Å²) in [5, 5.41) is 0. The summed E-state index contributed by atoms with van der Waals surface area (Å²) in [6.07, 6.45) is 1.49. The molecular weight excluding hydrogens is 350 g/mol. The lowest BCUT2D eigenvalue weighted by Gasteiger charge is -2.36. The number of sulfonamides is 1. The average molecular weight is 366 g/mol. The number of hydrogen-bond donors (Lipinski definition) is 1. The maximum Gasteiger partial charge on any atom is 0.246 e. The van der Waals surface area contributed by atoms with Crippen molar-refractivity contribution >= 4 is 43.5 Å². The summed E-state index contributed by atoms with van der Waals surface area (Å²) in [5.41, 5.74) is 5.71. The van der Waals surface area contributed by atoms with Gasteiger partial charge in [-0.25, -0.2) is 13.4 Å². The Morgan fingerprint density at radius 3 is 2.84 bits per heavy atom. The summed E-state index contributed by atoms with van der Waals surface area (Å²) < 4.78 is 27.3. The van der Waals surface area contributed by atoms with Gasteiger partial charge in [-0.1, -0.05) is 0 Å². The minimum absolute atomic E-state index is 0.0410. The Balaban J connectivity index is 2.39. The van der Waals surface area contributed by atoms with E-state index in [4.69, 9.17) is 5.73 Å². The molecule has 2 heterocycles. The molecule has 1 fully saturated rings. The lowest BCUT2D eigenvalue weighted by molar-refractivity contribution is 0.387. The van der Waals surface area contributed by atoms with Crippen molar-refractivity contribution in [1.82, 2.24) is 9.29 Å². The van der Waals surface area contributed by atoms with Gasteiger partial charge in [-0.2, -0.15) is 16.1 Å². The maximum atomic E-state index is 12.6. The van der Waals surface area contributed by atoms with Crippen molar-refractivity contribution in [3.05, 3.63) is 16.7 Å². The van der Waals surface area contributed by atoms with E-state index in [0.717, 1.165) is 5.75 Å². The minimum Gasteiger partial charge on any atom is -0.383 e. The molecule has 0 radical (unpaired) electrons. The van der Waals surface area contributed by atoms with Gasteiger partial charge in [0.15, 0.2) is 0 Å². The van der Waals surface area contributed by atoms with E-state index >= 15 is 0 Å². The number of halogens is 1. The van der Waals surface area contributed by atoms with E-state index in [1.165, 1.54) is 16.6 Å². The number of nitrogen functional groups attached to an aromatic ring is 1. The lowest BCUT2D eigenvalue weighted by atomic mass is 10.2. The molecule has 0 atom stereocenters. The molecule has 19 heavy (non-hydrogen) atoms. The summed E-state index contributed by atoms with van der Waals surface area (Å²) >= 11 is 5.01. The number of hydrogen-bond acceptors (Lipinski definition) is 5. The van der Waals surface area contributed by atoms with Gasteiger partial charge in [-0.3, -0.25) is 0 Å². The maximum absolute atomic E-state index is 12.6. The number of nitrogens with two attached hydrogens (primary N) is 1. The molecule has 0 unspecified atom stereocenters. The number of rotatable bonds is 2. The Morgan fingerprint density at radius 1 is 1.53 bits per heavy atom. The van der Waals surface area contributed by atoms with Crippen LogP contribution in [-0.2, 0) is 10.0 Å². The van der Waals surface area contributed by atoms with Gasteiger partial charge in [0.1, 0.15) is 10.7 Å². The topological polar surface area (TPSA) is 76.3 Å². The monoisotopic (exact) mass is 365 g/mol. The second-order valence-electron chi connectivity index (χ2n) is 4.98. The van der Waals surface area contributed by atoms with Crippen molar-refractivity contribution < 1.29 is 8.42 Å². The van der Waals surface area contributed by atoms with E-state index in [1.807, 2.05) is 13.8 Å². The quantitative estimate of drug-likeness (QED) is 0.866. The fraction of sp³-hybridized carbons (Fsp3) is 0.545. The molecule has 0 bridgehead atoms. The van der Waals surface area contributed by atoms with Crippen LogP contribution in [0, 0.1) is 0 Å². The first-order valence-electron chi connectivity index (χ1n) is 5.77. The molecule has 1 aromatic heterocycles. The molecule has 5 nitrogen and oxygen atoms in total. The fourth-order valence-electron chi connectivity index (χ4n) is 1.96. The first kappa shape index (κ1) is 15.1. The number of pyridine rings is 1. The van der Waals surface area contributed by atoms with Crippen LogP contribution in [-0.4, -0.2) is 41.3 Å². The normalized spacial score (nSPS) is 20.4. The lowest BCUT2D eigenvalue weighted by Crippen LogP contribution is -2.46. The van der Waals surface area contributed by atoms with Gasteiger partial charge in [0, 0.05) is 34.3 Å². The van der Waals surface area contributed by atoms with Gasteiger partial charge < -0.3 is 5.73 Å². The fourth-order valence-corrected chi connectivity index (χ4v) is 5.44. The molecule has 0 saturated carbocycles. The van der Waals surface area contributed by atoms with E-state index in [-0.39, 0.29) is 15.5 Å². The van der Waals surface area contributed by atoms with Crippen molar-refractivity contribution in [1.29, 1.82) is 0 Å². The molecule has 1 aromatic rings. The molecular formula is C11H16BrN3O2S2. The van der Waals surface area contributed by atoms with Crippen LogP contribution >= 0.6 is 27.7 Å². The van der Waals surface area contributed by atoms with Crippen molar-refractivity contribution in [3.8, 4) is 0 Å². The molecule has 2 N–H and O–H groups in total. The molecule has 1 saturated heterocycles. The zero-order chi connectivity index (χ0) is 14.3. The molecule has 0 spiro atoms. The number of anilines is 1. The van der Waals surface area contributed by atoms with Crippen LogP contribution < -0.4 is 5.73 Å². The molecule has 2 rings (SSSR count). The number of thioether (sulfide) groups is 1. The van der Waals surface area contributed by atoms with Gasteiger partial charge in [-0.15, -0.1) is 0 Å². The van der Waals surface area contributed by atoms with Crippen molar-refractivity contribution in [2.24, 2.45) is 0 Å². The smallest absolute Gasteiger partial charge is 0.246 e. The molecule has 1 aliphatic rings. The standard InChI is InChI=1S/C11H16BrN3O2S2/c1-11(2)7-15(3-4-18-11)19(16,17)9-5-8(12)6-14-10(9)13/h5-6H,3-4,7H2,1-2H3,(H2,13,14). The van der Waals surface area contributed by atoms with Crippen LogP contribution in [0.1, 0.15) is 13.8 Å². The molecule has 8 heteroatoms. The van der Waals surface area contributed by atoms with Crippen LogP contribution in [0.5, 0.6) is 0 Å². The van der Waals surface area contributed by atoms with Gasteiger partial charge in [0.05, 0.1) is 0 Å². The van der Waals surface area contributed by atoms with Crippen molar-refractivity contribution in [2.75, 3.05) is 24.6 Å².